The number of benzene rings is 6. The summed E-state index contributed by atoms with van der Waals surface area (Å²) in [4.78, 5) is 0. The van der Waals surface area contributed by atoms with Gasteiger partial charge in [0.2, 0.25) is 0 Å². The van der Waals surface area contributed by atoms with E-state index < -0.39 is 14.1 Å². The van der Waals surface area contributed by atoms with Crippen LogP contribution >= 0.6 is 7.92 Å². The van der Waals surface area contributed by atoms with Crippen LogP contribution in [-0.2, 0) is 0 Å². The second kappa shape index (κ2) is 13.4. The van der Waals surface area contributed by atoms with Crippen LogP contribution in [0.25, 0.3) is 10.8 Å². The molecule has 0 bridgehead atoms. The van der Waals surface area contributed by atoms with Crippen LogP contribution in [0.15, 0.2) is 164 Å². The molecule has 0 aromatic heterocycles. The standard InChI is InChI=1S/C24H20B.C18H25P/c1-5-13-21(14-6-1)25(22-15-7-2-8-16-22,23-17-9-3-10-18-23)24-19-11-4-12-20-24;1-17(2,3)19(18(4,5)6)16-13-9-11-14-10-7-8-12-15(14)16/h1-20H;7-13H,1-6H3/q-1;/p+1. The number of hydrogen-bond acceptors (Lipinski definition) is 0. The first kappa shape index (κ1) is 31.5. The Morgan fingerprint density at radius 1 is 0.364 bits per heavy atom. The average molecular weight is 593 g/mol. The summed E-state index contributed by atoms with van der Waals surface area (Å²) < 4.78 is 0. The van der Waals surface area contributed by atoms with Crippen molar-refractivity contribution in [1.82, 2.24) is 0 Å². The van der Waals surface area contributed by atoms with Crippen LogP contribution in [0.4, 0.5) is 0 Å². The molecule has 0 aliphatic rings. The van der Waals surface area contributed by atoms with Gasteiger partial charge in [-0.15, -0.1) is 0 Å². The molecule has 0 nitrogen and oxygen atoms in total. The first-order valence-corrected chi connectivity index (χ1v) is 17.4. The van der Waals surface area contributed by atoms with Gasteiger partial charge >= 0.3 is 0 Å². The summed E-state index contributed by atoms with van der Waals surface area (Å²) in [6.45, 7) is 14.4. The molecule has 0 heterocycles. The van der Waals surface area contributed by atoms with Crippen molar-refractivity contribution in [2.45, 2.75) is 51.9 Å². The molecule has 6 rings (SSSR count). The van der Waals surface area contributed by atoms with Crippen molar-refractivity contribution in [3.05, 3.63) is 164 Å². The largest absolute Gasteiger partial charge is 0.195 e. The molecule has 222 valence electrons. The van der Waals surface area contributed by atoms with E-state index in [-0.39, 0.29) is 0 Å². The Morgan fingerprint density at radius 2 is 0.682 bits per heavy atom. The molecule has 6 aromatic rings. The molecule has 0 fully saturated rings. The molecule has 0 radical (unpaired) electrons. The monoisotopic (exact) mass is 592 g/mol. The average Bonchev–Trinajstić information content (AvgIpc) is 3.03. The predicted molar refractivity (Wildman–Crippen MR) is 201 cm³/mol. The molecule has 0 atom stereocenters. The van der Waals surface area contributed by atoms with E-state index in [1.807, 2.05) is 0 Å². The molecule has 0 amide bonds. The molecular formula is C42H46BP. The quantitative estimate of drug-likeness (QED) is 0.140. The second-order valence-electron chi connectivity index (χ2n) is 13.9. The Bertz CT molecular complexity index is 1570. The summed E-state index contributed by atoms with van der Waals surface area (Å²) in [6.07, 6.45) is -1.22. The third-order valence-corrected chi connectivity index (χ3v) is 12.7. The Balaban J connectivity index is 0.000000182. The van der Waals surface area contributed by atoms with Gasteiger partial charge in [0.05, 0.1) is 10.3 Å². The van der Waals surface area contributed by atoms with E-state index in [1.54, 1.807) is 5.30 Å². The maximum absolute atomic E-state index is 2.40. The summed E-state index contributed by atoms with van der Waals surface area (Å²) in [7, 11) is -0.678. The zero-order valence-electron chi connectivity index (χ0n) is 27.2. The first-order chi connectivity index (χ1) is 21.1. The van der Waals surface area contributed by atoms with Crippen LogP contribution in [0.2, 0.25) is 0 Å². The van der Waals surface area contributed by atoms with Crippen molar-refractivity contribution in [2.24, 2.45) is 0 Å². The van der Waals surface area contributed by atoms with E-state index in [2.05, 4.69) is 205 Å². The molecule has 2 heteroatoms. The smallest absolute Gasteiger partial charge is 0.108 e. The highest BCUT2D eigenvalue weighted by molar-refractivity contribution is 7.69. The normalized spacial score (nSPS) is 12.1. The maximum Gasteiger partial charge on any atom is 0.108 e. The lowest BCUT2D eigenvalue weighted by Gasteiger charge is -2.44. The van der Waals surface area contributed by atoms with E-state index in [1.165, 1.54) is 32.6 Å². The minimum atomic E-state index is -1.22. The van der Waals surface area contributed by atoms with Gasteiger partial charge in [-0.2, -0.15) is 21.9 Å². The van der Waals surface area contributed by atoms with Crippen LogP contribution in [0.5, 0.6) is 0 Å². The lowest BCUT2D eigenvalue weighted by Crippen LogP contribution is -2.74. The van der Waals surface area contributed by atoms with E-state index in [0.717, 1.165) is 0 Å². The number of hydrogen-bond donors (Lipinski definition) is 0. The molecule has 0 N–H and O–H groups in total. The van der Waals surface area contributed by atoms with Crippen molar-refractivity contribution < 1.29 is 0 Å². The highest BCUT2D eigenvalue weighted by atomic mass is 31.1. The lowest BCUT2D eigenvalue weighted by molar-refractivity contribution is 0.715. The van der Waals surface area contributed by atoms with Crippen LogP contribution in [0.3, 0.4) is 0 Å². The van der Waals surface area contributed by atoms with Gasteiger partial charge in [-0.3, -0.25) is 0 Å². The molecule has 0 saturated carbocycles. The highest BCUT2D eigenvalue weighted by Gasteiger charge is 2.44. The number of rotatable bonds is 5. The van der Waals surface area contributed by atoms with Crippen LogP contribution in [0.1, 0.15) is 41.5 Å². The Labute approximate surface area is 266 Å². The third-order valence-electron chi connectivity index (χ3n) is 8.76. The molecule has 0 spiro atoms. The van der Waals surface area contributed by atoms with Gasteiger partial charge in [-0.25, -0.2) is 0 Å². The van der Waals surface area contributed by atoms with Gasteiger partial charge in [0.25, 0.3) is 0 Å². The zero-order chi connectivity index (χ0) is 31.2. The Hall–Kier alpha value is -3.93. The minimum Gasteiger partial charge on any atom is -0.195 e. The van der Waals surface area contributed by atoms with E-state index in [9.17, 15) is 0 Å². The Morgan fingerprint density at radius 3 is 1.05 bits per heavy atom. The van der Waals surface area contributed by atoms with E-state index in [4.69, 9.17) is 0 Å². The fraction of sp³-hybridized carbons (Fsp3) is 0.190. The van der Waals surface area contributed by atoms with Gasteiger partial charge in [-0.1, -0.05) is 158 Å². The van der Waals surface area contributed by atoms with Gasteiger partial charge in [0.1, 0.15) is 11.5 Å². The lowest BCUT2D eigenvalue weighted by atomic mass is 9.13. The van der Waals surface area contributed by atoms with Gasteiger partial charge in [0, 0.05) is 13.3 Å². The van der Waals surface area contributed by atoms with Crippen molar-refractivity contribution >= 4 is 52.0 Å². The van der Waals surface area contributed by atoms with Crippen LogP contribution in [-0.4, -0.2) is 16.5 Å². The van der Waals surface area contributed by atoms with Crippen molar-refractivity contribution in [1.29, 1.82) is 0 Å². The molecule has 0 aliphatic carbocycles. The van der Waals surface area contributed by atoms with Crippen molar-refractivity contribution in [2.75, 3.05) is 0 Å². The molecule has 44 heavy (non-hydrogen) atoms. The summed E-state index contributed by atoms with van der Waals surface area (Å²) in [5.74, 6) is 0. The van der Waals surface area contributed by atoms with Crippen molar-refractivity contribution in [3.8, 4) is 0 Å². The minimum absolute atomic E-state index is 0.354. The molecule has 0 saturated heterocycles. The van der Waals surface area contributed by atoms with Crippen LogP contribution in [0, 0.1) is 0 Å². The summed E-state index contributed by atoms with van der Waals surface area (Å²) in [5.41, 5.74) is 5.36. The van der Waals surface area contributed by atoms with Gasteiger partial charge < -0.3 is 0 Å². The fourth-order valence-corrected chi connectivity index (χ4v) is 12.1. The van der Waals surface area contributed by atoms with E-state index in [0.29, 0.717) is 10.3 Å². The number of fused-ring (bicyclic) bond motifs is 1. The second-order valence-corrected chi connectivity index (χ2v) is 18.2. The third kappa shape index (κ3) is 6.60. The van der Waals surface area contributed by atoms with Gasteiger partial charge in [-0.05, 0) is 53.0 Å². The maximum atomic E-state index is 2.40. The molecule has 0 aliphatic heterocycles. The summed E-state index contributed by atoms with van der Waals surface area (Å²) in [5, 5.41) is 5.11. The predicted octanol–water partition coefficient (Wildman–Crippen LogP) is 8.34. The SMILES string of the molecule is CC(C)(C)[PH+](c1cccc2ccccc12)C(C)(C)C.c1ccc([B-](c2ccccc2)(c2ccccc2)c2ccccc2)cc1. The topological polar surface area (TPSA) is 0 Å². The molecule has 0 unspecified atom stereocenters. The van der Waals surface area contributed by atoms with Crippen molar-refractivity contribution in [3.63, 3.8) is 0 Å². The summed E-state index contributed by atoms with van der Waals surface area (Å²) >= 11 is 0. The van der Waals surface area contributed by atoms with Gasteiger partial charge in [0.15, 0.2) is 0 Å². The Kier molecular flexibility index (Phi) is 9.58. The zero-order valence-corrected chi connectivity index (χ0v) is 28.2. The van der Waals surface area contributed by atoms with Crippen LogP contribution < -0.4 is 27.2 Å². The molecular weight excluding hydrogens is 546 g/mol. The molecule has 6 aromatic carbocycles. The summed E-state index contributed by atoms with van der Waals surface area (Å²) in [6, 6.07) is 59.1. The fourth-order valence-electron chi connectivity index (χ4n) is 7.50. The highest BCUT2D eigenvalue weighted by Crippen LogP contribution is 2.59. The first-order valence-electron chi connectivity index (χ1n) is 15.9. The van der Waals surface area contributed by atoms with E-state index >= 15 is 0 Å².